The Hall–Kier alpha value is -0.610. The van der Waals surface area contributed by atoms with E-state index >= 15 is 0 Å². The first-order valence-electron chi connectivity index (χ1n) is 4.96. The summed E-state index contributed by atoms with van der Waals surface area (Å²) in [7, 11) is 0. The van der Waals surface area contributed by atoms with Gasteiger partial charge in [0, 0.05) is 19.1 Å². The quantitative estimate of drug-likeness (QED) is 0.603. The van der Waals surface area contributed by atoms with Crippen molar-refractivity contribution in [1.82, 2.24) is 10.2 Å². The van der Waals surface area contributed by atoms with Gasteiger partial charge >= 0.3 is 0 Å². The van der Waals surface area contributed by atoms with Gasteiger partial charge in [0.2, 0.25) is 5.91 Å². The van der Waals surface area contributed by atoms with Crippen LogP contribution in [-0.2, 0) is 9.53 Å². The highest BCUT2D eigenvalue weighted by Gasteiger charge is 2.27. The second kappa shape index (κ2) is 4.07. The molecule has 0 saturated carbocycles. The molecule has 0 radical (unpaired) electrons. The summed E-state index contributed by atoms with van der Waals surface area (Å²) in [6, 6.07) is 0.408. The summed E-state index contributed by atoms with van der Waals surface area (Å²) in [5, 5.41) is 3.32. The molecule has 0 aromatic rings. The maximum absolute atomic E-state index is 11.5. The van der Waals surface area contributed by atoms with Gasteiger partial charge in [0.05, 0.1) is 6.61 Å². The standard InChI is InChI=1S/C9H16N2O2/c12-9-7-13-5-4-11(9)8-2-1-3-10-6-8/h8,10H,1-7H2/t8-/m0/s1. The molecule has 0 aromatic heterocycles. The molecule has 1 atom stereocenters. The third-order valence-electron chi connectivity index (χ3n) is 2.73. The van der Waals surface area contributed by atoms with E-state index < -0.39 is 0 Å². The highest BCUT2D eigenvalue weighted by molar-refractivity contribution is 5.78. The Bertz CT molecular complexity index is 190. The first-order chi connectivity index (χ1) is 6.38. The lowest BCUT2D eigenvalue weighted by atomic mass is 10.1. The van der Waals surface area contributed by atoms with E-state index in [1.165, 1.54) is 6.42 Å². The van der Waals surface area contributed by atoms with Crippen molar-refractivity contribution < 1.29 is 9.53 Å². The van der Waals surface area contributed by atoms with Crippen LogP contribution in [0, 0.1) is 0 Å². The molecule has 1 amide bonds. The Morgan fingerprint density at radius 1 is 1.54 bits per heavy atom. The minimum atomic E-state index is 0.153. The van der Waals surface area contributed by atoms with Crippen molar-refractivity contribution in [2.45, 2.75) is 18.9 Å². The molecular formula is C9H16N2O2. The molecule has 4 nitrogen and oxygen atoms in total. The predicted octanol–water partition coefficient (Wildman–Crippen LogP) is -0.403. The first kappa shape index (κ1) is 8.97. The van der Waals surface area contributed by atoms with Gasteiger partial charge in [-0.3, -0.25) is 4.79 Å². The number of carbonyl (C=O) groups is 1. The van der Waals surface area contributed by atoms with Crippen molar-refractivity contribution in [3.05, 3.63) is 0 Å². The number of ether oxygens (including phenoxy) is 1. The summed E-state index contributed by atoms with van der Waals surface area (Å²) in [5.74, 6) is 0.153. The molecule has 2 heterocycles. The zero-order valence-corrected chi connectivity index (χ0v) is 7.79. The maximum Gasteiger partial charge on any atom is 0.248 e. The van der Waals surface area contributed by atoms with Crippen LogP contribution < -0.4 is 5.32 Å². The van der Waals surface area contributed by atoms with E-state index in [0.29, 0.717) is 12.6 Å². The van der Waals surface area contributed by atoms with Gasteiger partial charge in [-0.25, -0.2) is 0 Å². The zero-order valence-electron chi connectivity index (χ0n) is 7.79. The van der Waals surface area contributed by atoms with Gasteiger partial charge in [0.15, 0.2) is 0 Å². The van der Waals surface area contributed by atoms with Gasteiger partial charge in [-0.15, -0.1) is 0 Å². The van der Waals surface area contributed by atoms with Gasteiger partial charge in [0.25, 0.3) is 0 Å². The van der Waals surface area contributed by atoms with Crippen molar-refractivity contribution in [3.63, 3.8) is 0 Å². The number of carbonyl (C=O) groups excluding carboxylic acids is 1. The largest absolute Gasteiger partial charge is 0.370 e. The number of amides is 1. The van der Waals surface area contributed by atoms with Crippen molar-refractivity contribution in [3.8, 4) is 0 Å². The Morgan fingerprint density at radius 2 is 2.46 bits per heavy atom. The number of morpholine rings is 1. The fraction of sp³-hybridized carbons (Fsp3) is 0.889. The molecule has 0 aliphatic carbocycles. The lowest BCUT2D eigenvalue weighted by Gasteiger charge is -2.36. The molecule has 0 spiro atoms. The Balaban J connectivity index is 1.92. The zero-order chi connectivity index (χ0) is 9.10. The number of piperidine rings is 1. The van der Waals surface area contributed by atoms with Gasteiger partial charge in [0.1, 0.15) is 6.61 Å². The second-order valence-corrected chi connectivity index (χ2v) is 3.64. The molecule has 2 fully saturated rings. The van der Waals surface area contributed by atoms with Crippen LogP contribution in [0.2, 0.25) is 0 Å². The number of hydrogen-bond acceptors (Lipinski definition) is 3. The average Bonchev–Trinajstić information content (AvgIpc) is 2.20. The van der Waals surface area contributed by atoms with Crippen molar-refractivity contribution in [2.24, 2.45) is 0 Å². The minimum Gasteiger partial charge on any atom is -0.370 e. The maximum atomic E-state index is 11.5. The Kier molecular flexibility index (Phi) is 2.80. The lowest BCUT2D eigenvalue weighted by Crippen LogP contribution is -2.53. The smallest absolute Gasteiger partial charge is 0.248 e. The van der Waals surface area contributed by atoms with Crippen LogP contribution in [0.15, 0.2) is 0 Å². The summed E-state index contributed by atoms with van der Waals surface area (Å²) in [4.78, 5) is 13.4. The van der Waals surface area contributed by atoms with Gasteiger partial charge in [-0.05, 0) is 19.4 Å². The molecule has 74 valence electrons. The number of rotatable bonds is 1. The normalized spacial score (nSPS) is 30.6. The molecule has 13 heavy (non-hydrogen) atoms. The van der Waals surface area contributed by atoms with E-state index in [1.54, 1.807) is 0 Å². The van der Waals surface area contributed by atoms with Crippen LogP contribution in [0.25, 0.3) is 0 Å². The third kappa shape index (κ3) is 2.00. The highest BCUT2D eigenvalue weighted by Crippen LogP contribution is 2.12. The van der Waals surface area contributed by atoms with Gasteiger partial charge in [-0.2, -0.15) is 0 Å². The monoisotopic (exact) mass is 184 g/mol. The van der Waals surface area contributed by atoms with Crippen molar-refractivity contribution >= 4 is 5.91 Å². The number of nitrogens with one attached hydrogen (secondary N) is 1. The molecule has 4 heteroatoms. The summed E-state index contributed by atoms with van der Waals surface area (Å²) in [6.45, 7) is 3.78. The molecular weight excluding hydrogens is 168 g/mol. The highest BCUT2D eigenvalue weighted by atomic mass is 16.5. The molecule has 0 unspecified atom stereocenters. The molecule has 2 aliphatic heterocycles. The van der Waals surface area contributed by atoms with Crippen LogP contribution in [-0.4, -0.2) is 49.7 Å². The van der Waals surface area contributed by atoms with Crippen LogP contribution >= 0.6 is 0 Å². The lowest BCUT2D eigenvalue weighted by molar-refractivity contribution is -0.146. The van der Waals surface area contributed by atoms with E-state index in [9.17, 15) is 4.79 Å². The van der Waals surface area contributed by atoms with E-state index in [1.807, 2.05) is 4.90 Å². The molecule has 2 rings (SSSR count). The van der Waals surface area contributed by atoms with Gasteiger partial charge < -0.3 is 15.0 Å². The number of nitrogens with zero attached hydrogens (tertiary/aromatic N) is 1. The SMILES string of the molecule is O=C1COCCN1[C@H]1CCCNC1. The Morgan fingerprint density at radius 3 is 3.15 bits per heavy atom. The predicted molar refractivity (Wildman–Crippen MR) is 48.4 cm³/mol. The molecule has 0 bridgehead atoms. The molecule has 1 N–H and O–H groups in total. The number of hydrogen-bond donors (Lipinski definition) is 1. The summed E-state index contributed by atoms with van der Waals surface area (Å²) < 4.78 is 5.09. The topological polar surface area (TPSA) is 41.6 Å². The summed E-state index contributed by atoms with van der Waals surface area (Å²) >= 11 is 0. The molecule has 2 saturated heterocycles. The minimum absolute atomic E-state index is 0.153. The van der Waals surface area contributed by atoms with E-state index in [2.05, 4.69) is 5.32 Å². The van der Waals surface area contributed by atoms with E-state index in [-0.39, 0.29) is 12.5 Å². The third-order valence-corrected chi connectivity index (χ3v) is 2.73. The summed E-state index contributed by atoms with van der Waals surface area (Å²) in [5.41, 5.74) is 0. The second-order valence-electron chi connectivity index (χ2n) is 3.64. The molecule has 0 aromatic carbocycles. The van der Waals surface area contributed by atoms with Crippen LogP contribution in [0.4, 0.5) is 0 Å². The van der Waals surface area contributed by atoms with Crippen LogP contribution in [0.1, 0.15) is 12.8 Å². The van der Waals surface area contributed by atoms with E-state index in [0.717, 1.165) is 26.1 Å². The first-order valence-corrected chi connectivity index (χ1v) is 4.96. The fourth-order valence-corrected chi connectivity index (χ4v) is 2.02. The van der Waals surface area contributed by atoms with Gasteiger partial charge in [-0.1, -0.05) is 0 Å². The van der Waals surface area contributed by atoms with E-state index in [4.69, 9.17) is 4.74 Å². The average molecular weight is 184 g/mol. The van der Waals surface area contributed by atoms with Crippen molar-refractivity contribution in [2.75, 3.05) is 32.8 Å². The molecule has 2 aliphatic rings. The van der Waals surface area contributed by atoms with Crippen molar-refractivity contribution in [1.29, 1.82) is 0 Å². The summed E-state index contributed by atoms with van der Waals surface area (Å²) in [6.07, 6.45) is 2.31. The Labute approximate surface area is 78.2 Å². The fourth-order valence-electron chi connectivity index (χ4n) is 2.02. The van der Waals surface area contributed by atoms with Crippen LogP contribution in [0.5, 0.6) is 0 Å². The van der Waals surface area contributed by atoms with Crippen LogP contribution in [0.3, 0.4) is 0 Å².